The summed E-state index contributed by atoms with van der Waals surface area (Å²) in [5.74, 6) is 1.25. The van der Waals surface area contributed by atoms with Crippen LogP contribution < -0.4 is 5.73 Å². The van der Waals surface area contributed by atoms with Crippen molar-refractivity contribution in [3.63, 3.8) is 0 Å². The Morgan fingerprint density at radius 1 is 1.20 bits per heavy atom. The van der Waals surface area contributed by atoms with Crippen LogP contribution in [-0.4, -0.2) is 43.3 Å². The molecule has 1 saturated carbocycles. The molecule has 0 aromatic heterocycles. The third-order valence-corrected chi connectivity index (χ3v) is 5.11. The number of nitrogens with two attached hydrogens (primary N) is 1. The van der Waals surface area contributed by atoms with Gasteiger partial charge >= 0.3 is 0 Å². The molecule has 0 radical (unpaired) electrons. The van der Waals surface area contributed by atoms with Gasteiger partial charge < -0.3 is 10.5 Å². The van der Waals surface area contributed by atoms with Crippen LogP contribution in [-0.2, 0) is 4.74 Å². The first-order chi connectivity index (χ1) is 9.47. The fraction of sp³-hybridized carbons (Fsp3) is 1.00. The fourth-order valence-electron chi connectivity index (χ4n) is 3.63. The number of rotatable bonds is 9. The van der Waals surface area contributed by atoms with Gasteiger partial charge in [0.05, 0.1) is 12.1 Å². The monoisotopic (exact) mass is 284 g/mol. The van der Waals surface area contributed by atoms with Gasteiger partial charge in [-0.25, -0.2) is 0 Å². The lowest BCUT2D eigenvalue weighted by molar-refractivity contribution is -0.0419. The summed E-state index contributed by atoms with van der Waals surface area (Å²) < 4.78 is 5.59. The Labute approximate surface area is 126 Å². The molecule has 0 aromatic rings. The van der Waals surface area contributed by atoms with Crippen molar-refractivity contribution >= 4 is 0 Å². The molecule has 1 unspecified atom stereocenters. The molecule has 0 aliphatic heterocycles. The van der Waals surface area contributed by atoms with E-state index < -0.39 is 0 Å². The molecule has 1 atom stereocenters. The summed E-state index contributed by atoms with van der Waals surface area (Å²) in [5.41, 5.74) is 6.25. The van der Waals surface area contributed by atoms with Gasteiger partial charge in [0.25, 0.3) is 0 Å². The first kappa shape index (κ1) is 17.9. The molecular formula is C17H36N2O. The fourth-order valence-corrected chi connectivity index (χ4v) is 3.63. The summed E-state index contributed by atoms with van der Waals surface area (Å²) in [4.78, 5) is 2.72. The minimum atomic E-state index is -0.00134. The number of nitrogens with zero attached hydrogens (tertiary/aromatic N) is 1. The van der Waals surface area contributed by atoms with Gasteiger partial charge in [-0.2, -0.15) is 0 Å². The van der Waals surface area contributed by atoms with E-state index in [9.17, 15) is 0 Å². The smallest absolute Gasteiger partial charge is 0.0661 e. The zero-order valence-corrected chi connectivity index (χ0v) is 14.3. The molecule has 20 heavy (non-hydrogen) atoms. The molecule has 0 spiro atoms. The van der Waals surface area contributed by atoms with E-state index in [1.165, 1.54) is 32.1 Å². The molecule has 0 heterocycles. The van der Waals surface area contributed by atoms with E-state index in [2.05, 4.69) is 32.6 Å². The first-order valence-corrected chi connectivity index (χ1v) is 8.43. The van der Waals surface area contributed by atoms with Crippen molar-refractivity contribution in [2.45, 2.75) is 71.4 Å². The summed E-state index contributed by atoms with van der Waals surface area (Å²) in [5, 5.41) is 0. The number of ether oxygens (including phenoxy) is 1. The molecule has 1 aliphatic carbocycles. The maximum absolute atomic E-state index is 6.25. The zero-order valence-electron chi connectivity index (χ0n) is 14.3. The Kier molecular flexibility index (Phi) is 7.49. The summed E-state index contributed by atoms with van der Waals surface area (Å²) >= 11 is 0. The van der Waals surface area contributed by atoms with Crippen LogP contribution in [0.15, 0.2) is 0 Å². The van der Waals surface area contributed by atoms with Crippen LogP contribution in [0.3, 0.4) is 0 Å². The highest BCUT2D eigenvalue weighted by Gasteiger charge is 2.42. The Hall–Kier alpha value is -0.120. The molecule has 3 heteroatoms. The standard InChI is InChI=1S/C17H36N2O/c1-14(2)10-11-19(16-8-6-7-9-16)17(12-18,13-20-5)15(3)4/h14-16H,6-13,18H2,1-5H3. The normalized spacial score (nSPS) is 20.2. The second kappa shape index (κ2) is 8.35. The van der Waals surface area contributed by atoms with Gasteiger partial charge in [-0.05, 0) is 37.6 Å². The average molecular weight is 284 g/mol. The Morgan fingerprint density at radius 3 is 2.20 bits per heavy atom. The third-order valence-electron chi connectivity index (χ3n) is 5.11. The number of hydrogen-bond donors (Lipinski definition) is 1. The van der Waals surface area contributed by atoms with Gasteiger partial charge in [-0.15, -0.1) is 0 Å². The number of hydrogen-bond acceptors (Lipinski definition) is 3. The van der Waals surface area contributed by atoms with Crippen LogP contribution in [0, 0.1) is 11.8 Å². The van der Waals surface area contributed by atoms with Crippen molar-refractivity contribution in [2.75, 3.05) is 26.8 Å². The molecule has 0 saturated heterocycles. The highest BCUT2D eigenvalue weighted by molar-refractivity contribution is 4.98. The van der Waals surface area contributed by atoms with Gasteiger partial charge in [-0.3, -0.25) is 4.90 Å². The van der Waals surface area contributed by atoms with Crippen LogP contribution in [0.25, 0.3) is 0 Å². The molecule has 2 N–H and O–H groups in total. The molecule has 3 nitrogen and oxygen atoms in total. The zero-order chi connectivity index (χ0) is 15.2. The lowest BCUT2D eigenvalue weighted by Gasteiger charge is -2.49. The molecule has 120 valence electrons. The number of methoxy groups -OCH3 is 1. The summed E-state index contributed by atoms with van der Waals surface area (Å²) in [6.45, 7) is 11.8. The maximum Gasteiger partial charge on any atom is 0.0661 e. The van der Waals surface area contributed by atoms with Crippen LogP contribution in [0.2, 0.25) is 0 Å². The lowest BCUT2D eigenvalue weighted by Crippen LogP contribution is -2.63. The van der Waals surface area contributed by atoms with Crippen molar-refractivity contribution < 1.29 is 4.74 Å². The topological polar surface area (TPSA) is 38.5 Å². The van der Waals surface area contributed by atoms with Crippen LogP contribution in [0.5, 0.6) is 0 Å². The molecule has 1 aliphatic rings. The highest BCUT2D eigenvalue weighted by atomic mass is 16.5. The predicted octanol–water partition coefficient (Wildman–Crippen LogP) is 3.28. The molecule has 0 aromatic carbocycles. The van der Waals surface area contributed by atoms with Crippen molar-refractivity contribution in [3.05, 3.63) is 0 Å². The third kappa shape index (κ3) is 4.19. The minimum Gasteiger partial charge on any atom is -0.383 e. The van der Waals surface area contributed by atoms with Crippen LogP contribution >= 0.6 is 0 Å². The van der Waals surface area contributed by atoms with E-state index in [0.29, 0.717) is 18.5 Å². The van der Waals surface area contributed by atoms with Crippen molar-refractivity contribution in [2.24, 2.45) is 17.6 Å². The summed E-state index contributed by atoms with van der Waals surface area (Å²) in [7, 11) is 1.81. The molecule has 1 fully saturated rings. The molecule has 0 amide bonds. The van der Waals surface area contributed by atoms with Gasteiger partial charge in [0.1, 0.15) is 0 Å². The van der Waals surface area contributed by atoms with E-state index >= 15 is 0 Å². The van der Waals surface area contributed by atoms with E-state index in [-0.39, 0.29) is 5.54 Å². The van der Waals surface area contributed by atoms with E-state index in [1.807, 2.05) is 7.11 Å². The lowest BCUT2D eigenvalue weighted by atomic mass is 9.83. The molecule has 1 rings (SSSR count). The van der Waals surface area contributed by atoms with Gasteiger partial charge in [0.2, 0.25) is 0 Å². The van der Waals surface area contributed by atoms with Gasteiger partial charge in [-0.1, -0.05) is 40.5 Å². The molecule has 0 bridgehead atoms. The quantitative estimate of drug-likeness (QED) is 0.706. The van der Waals surface area contributed by atoms with Crippen molar-refractivity contribution in [3.8, 4) is 0 Å². The van der Waals surface area contributed by atoms with E-state index in [4.69, 9.17) is 10.5 Å². The maximum atomic E-state index is 6.25. The second-order valence-corrected chi connectivity index (χ2v) is 7.21. The Morgan fingerprint density at radius 2 is 1.80 bits per heavy atom. The van der Waals surface area contributed by atoms with E-state index in [0.717, 1.165) is 19.1 Å². The largest absolute Gasteiger partial charge is 0.383 e. The molecular weight excluding hydrogens is 248 g/mol. The average Bonchev–Trinajstić information content (AvgIpc) is 2.90. The van der Waals surface area contributed by atoms with Crippen LogP contribution in [0.4, 0.5) is 0 Å². The van der Waals surface area contributed by atoms with Gasteiger partial charge in [0.15, 0.2) is 0 Å². The van der Waals surface area contributed by atoms with Crippen molar-refractivity contribution in [1.29, 1.82) is 0 Å². The highest BCUT2D eigenvalue weighted by Crippen LogP contribution is 2.34. The summed E-state index contributed by atoms with van der Waals surface area (Å²) in [6, 6.07) is 0.704. The Bertz CT molecular complexity index is 262. The van der Waals surface area contributed by atoms with Gasteiger partial charge in [0, 0.05) is 19.7 Å². The van der Waals surface area contributed by atoms with E-state index in [1.54, 1.807) is 0 Å². The van der Waals surface area contributed by atoms with Crippen molar-refractivity contribution in [1.82, 2.24) is 4.90 Å². The second-order valence-electron chi connectivity index (χ2n) is 7.21. The predicted molar refractivity (Wildman–Crippen MR) is 86.9 cm³/mol. The van der Waals surface area contributed by atoms with Crippen LogP contribution in [0.1, 0.15) is 59.8 Å². The first-order valence-electron chi connectivity index (χ1n) is 8.43. The Balaban J connectivity index is 2.95. The summed E-state index contributed by atoms with van der Waals surface area (Å²) in [6.07, 6.45) is 6.64. The minimum absolute atomic E-state index is 0.00134. The SMILES string of the molecule is COCC(CN)(C(C)C)N(CCC(C)C)C1CCCC1.